The van der Waals surface area contributed by atoms with E-state index in [-0.39, 0.29) is 12.8 Å². The monoisotopic (exact) mass is 272 g/mol. The van der Waals surface area contributed by atoms with Crippen LogP contribution in [0, 0.1) is 0 Å². The molecule has 4 rings (SSSR count). The predicted molar refractivity (Wildman–Crippen MR) is 72.5 cm³/mol. The van der Waals surface area contributed by atoms with Crippen molar-refractivity contribution in [3.8, 4) is 22.9 Å². The predicted octanol–water partition coefficient (Wildman–Crippen LogP) is 2.03. The number of hydrogen-bond acceptors (Lipinski definition) is 5. The molecule has 2 aromatic rings. The molecule has 6 nitrogen and oxygen atoms in total. The lowest BCUT2D eigenvalue weighted by Gasteiger charge is -2.23. The van der Waals surface area contributed by atoms with Crippen LogP contribution in [0.4, 0.5) is 0 Å². The van der Waals surface area contributed by atoms with Gasteiger partial charge in [0.05, 0.1) is 12.1 Å². The molecule has 0 bridgehead atoms. The first-order chi connectivity index (χ1) is 9.72. The lowest BCUT2D eigenvalue weighted by Crippen LogP contribution is -2.25. The van der Waals surface area contributed by atoms with E-state index in [2.05, 4.69) is 17.0 Å². The molecule has 6 heteroatoms. The van der Waals surface area contributed by atoms with Crippen molar-refractivity contribution < 1.29 is 9.47 Å². The van der Waals surface area contributed by atoms with Crippen molar-refractivity contribution in [2.45, 2.75) is 31.8 Å². The number of aromatic nitrogens is 3. The van der Waals surface area contributed by atoms with Crippen LogP contribution in [-0.2, 0) is 0 Å². The number of hydrogen-bond donors (Lipinski definition) is 1. The molecule has 0 radical (unpaired) electrons. The molecule has 1 aromatic heterocycles. The summed E-state index contributed by atoms with van der Waals surface area (Å²) < 4.78 is 12.7. The molecule has 2 N–H and O–H groups in total. The molecule has 104 valence electrons. The maximum absolute atomic E-state index is 6.12. The van der Waals surface area contributed by atoms with Gasteiger partial charge in [-0.15, -0.1) is 0 Å². The normalized spacial score (nSPS) is 23.7. The molecule has 2 aliphatic heterocycles. The summed E-state index contributed by atoms with van der Waals surface area (Å²) in [6, 6.07) is 6.08. The van der Waals surface area contributed by atoms with Gasteiger partial charge in [0.1, 0.15) is 5.82 Å². The van der Waals surface area contributed by atoms with E-state index in [1.54, 1.807) is 0 Å². The molecule has 2 unspecified atom stereocenters. The minimum absolute atomic E-state index is 0.0264. The Balaban J connectivity index is 1.78. The Morgan fingerprint density at radius 1 is 1.25 bits per heavy atom. The Hall–Kier alpha value is -2.08. The highest BCUT2D eigenvalue weighted by Crippen LogP contribution is 2.36. The fraction of sp³-hybridized carbons (Fsp3) is 0.429. The fourth-order valence-electron chi connectivity index (χ4n) is 2.74. The summed E-state index contributed by atoms with van der Waals surface area (Å²) in [4.78, 5) is 4.61. The third kappa shape index (κ3) is 1.68. The van der Waals surface area contributed by atoms with E-state index in [9.17, 15) is 0 Å². The van der Waals surface area contributed by atoms with E-state index in [0.717, 1.165) is 35.7 Å². The van der Waals surface area contributed by atoms with Crippen molar-refractivity contribution in [2.75, 3.05) is 6.79 Å². The van der Waals surface area contributed by atoms with Crippen molar-refractivity contribution in [3.63, 3.8) is 0 Å². The van der Waals surface area contributed by atoms with Crippen LogP contribution in [0.2, 0.25) is 0 Å². The van der Waals surface area contributed by atoms with Crippen LogP contribution in [0.15, 0.2) is 18.2 Å². The summed E-state index contributed by atoms with van der Waals surface area (Å²) in [7, 11) is 0. The Morgan fingerprint density at radius 3 is 2.95 bits per heavy atom. The Labute approximate surface area is 116 Å². The lowest BCUT2D eigenvalue weighted by molar-refractivity contribution is 0.174. The first-order valence-electron chi connectivity index (χ1n) is 6.84. The average Bonchev–Trinajstić information content (AvgIpc) is 3.08. The van der Waals surface area contributed by atoms with E-state index >= 15 is 0 Å². The van der Waals surface area contributed by atoms with Gasteiger partial charge < -0.3 is 15.2 Å². The average molecular weight is 272 g/mol. The lowest BCUT2D eigenvalue weighted by atomic mass is 10.0. The van der Waals surface area contributed by atoms with Crippen molar-refractivity contribution in [1.29, 1.82) is 0 Å². The smallest absolute Gasteiger partial charge is 0.231 e. The van der Waals surface area contributed by atoms with Crippen LogP contribution in [0.5, 0.6) is 11.5 Å². The quantitative estimate of drug-likeness (QED) is 0.859. The second-order valence-corrected chi connectivity index (χ2v) is 5.34. The van der Waals surface area contributed by atoms with Crippen LogP contribution < -0.4 is 15.2 Å². The minimum atomic E-state index is -0.0264. The van der Waals surface area contributed by atoms with Crippen LogP contribution in [-0.4, -0.2) is 21.6 Å². The Bertz CT molecular complexity index is 640. The molecule has 0 fully saturated rings. The van der Waals surface area contributed by atoms with Crippen LogP contribution >= 0.6 is 0 Å². The molecule has 2 atom stereocenters. The third-order valence-electron chi connectivity index (χ3n) is 3.93. The number of nitrogens with zero attached hydrogens (tertiary/aromatic N) is 3. The molecule has 20 heavy (non-hydrogen) atoms. The van der Waals surface area contributed by atoms with E-state index < -0.39 is 0 Å². The first kappa shape index (κ1) is 11.7. The number of nitrogens with two attached hydrogens (primary N) is 1. The van der Waals surface area contributed by atoms with Gasteiger partial charge in [-0.2, -0.15) is 5.10 Å². The van der Waals surface area contributed by atoms with E-state index in [0.29, 0.717) is 11.9 Å². The number of fused-ring (bicyclic) bond motifs is 2. The zero-order valence-corrected chi connectivity index (χ0v) is 11.2. The topological polar surface area (TPSA) is 75.2 Å². The molecule has 3 heterocycles. The van der Waals surface area contributed by atoms with Gasteiger partial charge in [-0.3, -0.25) is 0 Å². The summed E-state index contributed by atoms with van der Waals surface area (Å²) in [6.45, 7) is 2.42. The molecule has 0 aliphatic carbocycles. The van der Waals surface area contributed by atoms with E-state index in [4.69, 9.17) is 15.2 Å². The summed E-state index contributed by atoms with van der Waals surface area (Å²) in [6.07, 6.45) is 2.00. The molecule has 0 amide bonds. The van der Waals surface area contributed by atoms with Gasteiger partial charge >= 0.3 is 0 Å². The number of rotatable bonds is 1. The highest BCUT2D eigenvalue weighted by molar-refractivity contribution is 5.61. The molecule has 2 aliphatic rings. The van der Waals surface area contributed by atoms with Crippen molar-refractivity contribution in [3.05, 3.63) is 24.0 Å². The molecular formula is C14H16N4O2. The standard InChI is InChI=1S/C14H16N4O2/c1-8-2-4-10(15)14-16-13(17-18(8)14)9-3-5-11-12(6-9)20-7-19-11/h3,5-6,8,10H,2,4,7,15H2,1H3. The maximum atomic E-state index is 6.12. The molecule has 0 saturated heterocycles. The van der Waals surface area contributed by atoms with Crippen molar-refractivity contribution in [2.24, 2.45) is 5.73 Å². The van der Waals surface area contributed by atoms with Crippen LogP contribution in [0.3, 0.4) is 0 Å². The summed E-state index contributed by atoms with van der Waals surface area (Å²) in [5, 5.41) is 4.61. The van der Waals surface area contributed by atoms with Gasteiger partial charge in [-0.25, -0.2) is 9.67 Å². The third-order valence-corrected chi connectivity index (χ3v) is 3.93. The SMILES string of the molecule is CC1CCC(N)c2nc(-c3ccc4c(c3)OCO4)nn21. The van der Waals surface area contributed by atoms with Crippen molar-refractivity contribution in [1.82, 2.24) is 14.8 Å². The number of benzene rings is 1. The Morgan fingerprint density at radius 2 is 2.10 bits per heavy atom. The van der Waals surface area contributed by atoms with Gasteiger partial charge in [0.2, 0.25) is 6.79 Å². The molecule has 0 saturated carbocycles. The first-order valence-corrected chi connectivity index (χ1v) is 6.84. The fourth-order valence-corrected chi connectivity index (χ4v) is 2.74. The van der Waals surface area contributed by atoms with E-state index in [1.807, 2.05) is 22.9 Å². The van der Waals surface area contributed by atoms with Gasteiger partial charge in [0.25, 0.3) is 0 Å². The summed E-state index contributed by atoms with van der Waals surface area (Å²) >= 11 is 0. The van der Waals surface area contributed by atoms with Gasteiger partial charge in [-0.05, 0) is 38.0 Å². The second kappa shape index (κ2) is 4.21. The van der Waals surface area contributed by atoms with E-state index in [1.165, 1.54) is 0 Å². The van der Waals surface area contributed by atoms with Gasteiger partial charge in [-0.1, -0.05) is 0 Å². The van der Waals surface area contributed by atoms with Crippen LogP contribution in [0.25, 0.3) is 11.4 Å². The zero-order valence-electron chi connectivity index (χ0n) is 11.2. The molecule has 0 spiro atoms. The van der Waals surface area contributed by atoms with Gasteiger partial charge in [0.15, 0.2) is 17.3 Å². The summed E-state index contributed by atoms with van der Waals surface area (Å²) in [5.74, 6) is 3.08. The molecular weight excluding hydrogens is 256 g/mol. The number of ether oxygens (including phenoxy) is 2. The van der Waals surface area contributed by atoms with Gasteiger partial charge in [0, 0.05) is 5.56 Å². The zero-order chi connectivity index (χ0) is 13.7. The van der Waals surface area contributed by atoms with Crippen molar-refractivity contribution >= 4 is 0 Å². The summed E-state index contributed by atoms with van der Waals surface area (Å²) in [5.41, 5.74) is 7.05. The molecule has 1 aromatic carbocycles. The Kier molecular flexibility index (Phi) is 2.47. The largest absolute Gasteiger partial charge is 0.454 e. The highest BCUT2D eigenvalue weighted by Gasteiger charge is 2.26. The second-order valence-electron chi connectivity index (χ2n) is 5.34. The highest BCUT2D eigenvalue weighted by atomic mass is 16.7. The minimum Gasteiger partial charge on any atom is -0.454 e. The maximum Gasteiger partial charge on any atom is 0.231 e. The van der Waals surface area contributed by atoms with Crippen LogP contribution in [0.1, 0.15) is 37.7 Å².